The standard InChI is InChI=1S/C15H22N2O3/c1-10-7-14(8-11(2)20-10)19-9-12-3-5-13(6-4-12)15(16)17-18/h3-6,10-11,14,18H,7-9H2,1-2H3,(H2,16,17). The molecule has 2 atom stereocenters. The number of hydrogen-bond acceptors (Lipinski definition) is 4. The number of amidine groups is 1. The van der Waals surface area contributed by atoms with E-state index in [1.165, 1.54) is 0 Å². The fraction of sp³-hybridized carbons (Fsp3) is 0.533. The molecular formula is C15H22N2O3. The van der Waals surface area contributed by atoms with Gasteiger partial charge >= 0.3 is 0 Å². The van der Waals surface area contributed by atoms with Crippen LogP contribution in [-0.2, 0) is 16.1 Å². The summed E-state index contributed by atoms with van der Waals surface area (Å²) < 4.78 is 11.6. The molecular weight excluding hydrogens is 256 g/mol. The number of benzene rings is 1. The predicted molar refractivity (Wildman–Crippen MR) is 76.8 cm³/mol. The smallest absolute Gasteiger partial charge is 0.170 e. The summed E-state index contributed by atoms with van der Waals surface area (Å²) in [5, 5.41) is 11.6. The highest BCUT2D eigenvalue weighted by molar-refractivity contribution is 5.96. The van der Waals surface area contributed by atoms with Crippen LogP contribution in [0.5, 0.6) is 0 Å². The fourth-order valence-corrected chi connectivity index (χ4v) is 2.52. The Morgan fingerprint density at radius 3 is 2.45 bits per heavy atom. The highest BCUT2D eigenvalue weighted by atomic mass is 16.5. The largest absolute Gasteiger partial charge is 0.409 e. The quantitative estimate of drug-likeness (QED) is 0.383. The first-order chi connectivity index (χ1) is 9.58. The van der Waals surface area contributed by atoms with Crippen molar-refractivity contribution in [2.45, 2.75) is 51.6 Å². The molecule has 0 saturated carbocycles. The normalized spacial score (nSPS) is 27.5. The molecule has 1 fully saturated rings. The summed E-state index contributed by atoms with van der Waals surface area (Å²) >= 11 is 0. The van der Waals surface area contributed by atoms with Crippen molar-refractivity contribution in [2.24, 2.45) is 10.9 Å². The minimum absolute atomic E-state index is 0.115. The fourth-order valence-electron chi connectivity index (χ4n) is 2.52. The Morgan fingerprint density at radius 2 is 1.90 bits per heavy atom. The maximum absolute atomic E-state index is 8.61. The van der Waals surface area contributed by atoms with Crippen LogP contribution in [0.3, 0.4) is 0 Å². The predicted octanol–water partition coefficient (Wildman–Crippen LogP) is 2.25. The number of oxime groups is 1. The van der Waals surface area contributed by atoms with Gasteiger partial charge in [0.2, 0.25) is 0 Å². The van der Waals surface area contributed by atoms with E-state index in [1.54, 1.807) is 0 Å². The van der Waals surface area contributed by atoms with E-state index in [4.69, 9.17) is 20.4 Å². The van der Waals surface area contributed by atoms with Gasteiger partial charge in [0.25, 0.3) is 0 Å². The Bertz CT molecular complexity index is 449. The monoisotopic (exact) mass is 278 g/mol. The summed E-state index contributed by atoms with van der Waals surface area (Å²) in [6, 6.07) is 7.51. The highest BCUT2D eigenvalue weighted by Crippen LogP contribution is 2.22. The third kappa shape index (κ3) is 3.95. The molecule has 1 aliphatic rings. The molecule has 1 aromatic rings. The number of nitrogens with two attached hydrogens (primary N) is 1. The van der Waals surface area contributed by atoms with Gasteiger partial charge in [0, 0.05) is 5.56 Å². The lowest BCUT2D eigenvalue weighted by Crippen LogP contribution is -2.33. The van der Waals surface area contributed by atoms with Gasteiger partial charge in [0.05, 0.1) is 24.9 Å². The van der Waals surface area contributed by atoms with E-state index in [0.717, 1.165) is 18.4 Å². The maximum Gasteiger partial charge on any atom is 0.170 e. The van der Waals surface area contributed by atoms with Crippen LogP contribution in [0.4, 0.5) is 0 Å². The first-order valence-electron chi connectivity index (χ1n) is 6.92. The summed E-state index contributed by atoms with van der Waals surface area (Å²) in [6.45, 7) is 4.73. The molecule has 2 unspecified atom stereocenters. The maximum atomic E-state index is 8.61. The van der Waals surface area contributed by atoms with Crippen LogP contribution >= 0.6 is 0 Å². The number of ether oxygens (including phenoxy) is 2. The van der Waals surface area contributed by atoms with Crippen LogP contribution in [-0.4, -0.2) is 29.4 Å². The van der Waals surface area contributed by atoms with Gasteiger partial charge < -0.3 is 20.4 Å². The molecule has 110 valence electrons. The number of nitrogens with zero attached hydrogens (tertiary/aromatic N) is 1. The second-order valence-corrected chi connectivity index (χ2v) is 5.34. The molecule has 1 aromatic carbocycles. The highest BCUT2D eigenvalue weighted by Gasteiger charge is 2.24. The van der Waals surface area contributed by atoms with E-state index >= 15 is 0 Å². The summed E-state index contributed by atoms with van der Waals surface area (Å²) in [7, 11) is 0. The zero-order valence-corrected chi connectivity index (χ0v) is 12.0. The van der Waals surface area contributed by atoms with Crippen molar-refractivity contribution >= 4 is 5.84 Å². The lowest BCUT2D eigenvalue weighted by Gasteiger charge is -2.32. The van der Waals surface area contributed by atoms with Crippen molar-refractivity contribution in [3.63, 3.8) is 0 Å². The lowest BCUT2D eigenvalue weighted by atomic mass is 10.0. The molecule has 5 heteroatoms. The molecule has 1 aliphatic heterocycles. The number of hydrogen-bond donors (Lipinski definition) is 2. The molecule has 3 N–H and O–H groups in total. The van der Waals surface area contributed by atoms with Crippen LogP contribution in [0, 0.1) is 0 Å². The minimum Gasteiger partial charge on any atom is -0.409 e. The summed E-state index contributed by atoms with van der Waals surface area (Å²) in [4.78, 5) is 0. The molecule has 0 spiro atoms. The van der Waals surface area contributed by atoms with E-state index in [0.29, 0.717) is 12.2 Å². The molecule has 0 aliphatic carbocycles. The van der Waals surface area contributed by atoms with Crippen LogP contribution in [0.25, 0.3) is 0 Å². The first-order valence-corrected chi connectivity index (χ1v) is 6.92. The van der Waals surface area contributed by atoms with Gasteiger partial charge in [0.15, 0.2) is 5.84 Å². The van der Waals surface area contributed by atoms with Gasteiger partial charge in [-0.3, -0.25) is 0 Å². The number of rotatable bonds is 4. The Balaban J connectivity index is 1.88. The third-order valence-corrected chi connectivity index (χ3v) is 3.50. The van der Waals surface area contributed by atoms with Crippen LogP contribution < -0.4 is 5.73 Å². The SMILES string of the molecule is CC1CC(OCc2ccc(/C(N)=N/O)cc2)CC(C)O1. The Labute approximate surface area is 119 Å². The van der Waals surface area contributed by atoms with E-state index in [2.05, 4.69) is 19.0 Å². The molecule has 0 bridgehead atoms. The minimum atomic E-state index is 0.115. The van der Waals surface area contributed by atoms with Crippen LogP contribution in [0.15, 0.2) is 29.4 Å². The van der Waals surface area contributed by atoms with E-state index in [9.17, 15) is 0 Å². The van der Waals surface area contributed by atoms with Crippen LogP contribution in [0.1, 0.15) is 37.8 Å². The van der Waals surface area contributed by atoms with Crippen molar-refractivity contribution in [3.05, 3.63) is 35.4 Å². The van der Waals surface area contributed by atoms with Gasteiger partial charge in [0.1, 0.15) is 0 Å². The second kappa shape index (κ2) is 6.72. The van der Waals surface area contributed by atoms with Gasteiger partial charge in [-0.2, -0.15) is 0 Å². The summed E-state index contributed by atoms with van der Waals surface area (Å²) in [5.41, 5.74) is 7.29. The zero-order chi connectivity index (χ0) is 14.5. The van der Waals surface area contributed by atoms with Gasteiger partial charge in [-0.15, -0.1) is 0 Å². The molecule has 0 aromatic heterocycles. The Morgan fingerprint density at radius 1 is 1.30 bits per heavy atom. The second-order valence-electron chi connectivity index (χ2n) is 5.34. The molecule has 5 nitrogen and oxygen atoms in total. The van der Waals surface area contributed by atoms with Gasteiger partial charge in [-0.05, 0) is 32.3 Å². The molecule has 1 saturated heterocycles. The van der Waals surface area contributed by atoms with E-state index < -0.39 is 0 Å². The first kappa shape index (κ1) is 14.8. The Kier molecular flexibility index (Phi) is 4.98. The van der Waals surface area contributed by atoms with Crippen molar-refractivity contribution in [3.8, 4) is 0 Å². The summed E-state index contributed by atoms with van der Waals surface area (Å²) in [6.07, 6.45) is 2.63. The third-order valence-electron chi connectivity index (χ3n) is 3.50. The molecule has 1 heterocycles. The molecule has 0 radical (unpaired) electrons. The van der Waals surface area contributed by atoms with E-state index in [1.807, 2.05) is 24.3 Å². The Hall–Kier alpha value is -1.59. The lowest BCUT2D eigenvalue weighted by molar-refractivity contribution is -0.106. The summed E-state index contributed by atoms with van der Waals surface area (Å²) in [5.74, 6) is 0.115. The van der Waals surface area contributed by atoms with Crippen molar-refractivity contribution in [2.75, 3.05) is 0 Å². The topological polar surface area (TPSA) is 77.1 Å². The van der Waals surface area contributed by atoms with Crippen molar-refractivity contribution < 1.29 is 14.7 Å². The van der Waals surface area contributed by atoms with Crippen molar-refractivity contribution in [1.82, 2.24) is 0 Å². The van der Waals surface area contributed by atoms with Gasteiger partial charge in [-0.25, -0.2) is 0 Å². The van der Waals surface area contributed by atoms with Gasteiger partial charge in [-0.1, -0.05) is 29.4 Å². The van der Waals surface area contributed by atoms with Crippen molar-refractivity contribution in [1.29, 1.82) is 0 Å². The zero-order valence-electron chi connectivity index (χ0n) is 12.0. The molecule has 20 heavy (non-hydrogen) atoms. The molecule has 0 amide bonds. The average molecular weight is 278 g/mol. The van der Waals surface area contributed by atoms with Crippen LogP contribution in [0.2, 0.25) is 0 Å². The molecule has 2 rings (SSSR count). The van der Waals surface area contributed by atoms with E-state index in [-0.39, 0.29) is 24.1 Å². The average Bonchev–Trinajstić information content (AvgIpc) is 2.44.